The van der Waals surface area contributed by atoms with Gasteiger partial charge in [0.15, 0.2) is 5.69 Å². The third-order valence-electron chi connectivity index (χ3n) is 1.95. The van der Waals surface area contributed by atoms with Gasteiger partial charge in [0, 0.05) is 0 Å². The van der Waals surface area contributed by atoms with E-state index in [1.807, 2.05) is 19.1 Å². The fourth-order valence-corrected chi connectivity index (χ4v) is 1.24. The van der Waals surface area contributed by atoms with Crippen molar-refractivity contribution in [2.75, 3.05) is 0 Å². The summed E-state index contributed by atoms with van der Waals surface area (Å²) in [4.78, 5) is 3.31. The average molecular weight is 175 g/mol. The summed E-state index contributed by atoms with van der Waals surface area (Å²) in [5.41, 5.74) is 1.43. The first kappa shape index (κ1) is 9.76. The molecule has 0 amide bonds. The summed E-state index contributed by atoms with van der Waals surface area (Å²) >= 11 is 0. The lowest BCUT2D eigenvalue weighted by Crippen LogP contribution is -1.95. The van der Waals surface area contributed by atoms with Crippen LogP contribution in [0.3, 0.4) is 0 Å². The van der Waals surface area contributed by atoms with Gasteiger partial charge in [0.25, 0.3) is 0 Å². The monoisotopic (exact) mass is 175 g/mol. The number of aliphatic hydroxyl groups is 1. The summed E-state index contributed by atoms with van der Waals surface area (Å²) < 4.78 is 0. The maximum absolute atomic E-state index is 9.64. The Bertz CT molecular complexity index is 314. The van der Waals surface area contributed by atoms with E-state index in [9.17, 15) is 5.11 Å². The Hall–Kier alpha value is -1.33. The van der Waals surface area contributed by atoms with Crippen LogP contribution in [0.2, 0.25) is 0 Å². The molecule has 2 nitrogen and oxygen atoms in total. The van der Waals surface area contributed by atoms with Crippen molar-refractivity contribution in [3.8, 4) is 0 Å². The van der Waals surface area contributed by atoms with Crippen LogP contribution in [-0.2, 0) is 0 Å². The number of benzene rings is 1. The van der Waals surface area contributed by atoms with Crippen LogP contribution in [0.5, 0.6) is 0 Å². The zero-order chi connectivity index (χ0) is 9.68. The van der Waals surface area contributed by atoms with E-state index >= 15 is 0 Å². The summed E-state index contributed by atoms with van der Waals surface area (Å²) in [6, 6.07) is 7.15. The average Bonchev–Trinajstić information content (AvgIpc) is 2.18. The predicted octanol–water partition coefficient (Wildman–Crippen LogP) is 3.07. The molecule has 0 aliphatic heterocycles. The molecule has 2 heteroatoms. The van der Waals surface area contributed by atoms with Crippen molar-refractivity contribution in [2.45, 2.75) is 25.9 Å². The van der Waals surface area contributed by atoms with Crippen LogP contribution >= 0.6 is 0 Å². The lowest BCUT2D eigenvalue weighted by molar-refractivity contribution is 0.166. The van der Waals surface area contributed by atoms with Gasteiger partial charge < -0.3 is 5.11 Å². The van der Waals surface area contributed by atoms with E-state index in [1.165, 1.54) is 0 Å². The van der Waals surface area contributed by atoms with E-state index in [0.29, 0.717) is 5.69 Å². The van der Waals surface area contributed by atoms with E-state index in [1.54, 1.807) is 12.1 Å². The molecule has 0 saturated carbocycles. The van der Waals surface area contributed by atoms with Gasteiger partial charge in [-0.15, -0.1) is 0 Å². The SMILES string of the molecule is [C-]#[N+]c1cccc(C(O)CCC)c1. The van der Waals surface area contributed by atoms with Crippen molar-refractivity contribution < 1.29 is 5.11 Å². The molecule has 68 valence electrons. The van der Waals surface area contributed by atoms with Crippen molar-refractivity contribution >= 4 is 5.69 Å². The highest BCUT2D eigenvalue weighted by atomic mass is 16.3. The Morgan fingerprint density at radius 3 is 2.92 bits per heavy atom. The molecule has 1 rings (SSSR count). The van der Waals surface area contributed by atoms with Gasteiger partial charge in [0.2, 0.25) is 0 Å². The number of rotatable bonds is 3. The minimum atomic E-state index is -0.424. The second kappa shape index (κ2) is 4.64. The van der Waals surface area contributed by atoms with Crippen LogP contribution in [-0.4, -0.2) is 5.11 Å². The predicted molar refractivity (Wildman–Crippen MR) is 52.6 cm³/mol. The molecule has 1 aromatic rings. The number of hydrogen-bond acceptors (Lipinski definition) is 1. The highest BCUT2D eigenvalue weighted by Gasteiger charge is 2.05. The van der Waals surface area contributed by atoms with Crippen LogP contribution in [0.25, 0.3) is 4.85 Å². The van der Waals surface area contributed by atoms with Gasteiger partial charge in [0.1, 0.15) is 0 Å². The first-order valence-corrected chi connectivity index (χ1v) is 4.43. The largest absolute Gasteiger partial charge is 0.388 e. The quantitative estimate of drug-likeness (QED) is 0.701. The van der Waals surface area contributed by atoms with Crippen molar-refractivity contribution in [1.82, 2.24) is 0 Å². The van der Waals surface area contributed by atoms with Crippen LogP contribution in [0.4, 0.5) is 5.69 Å². The van der Waals surface area contributed by atoms with E-state index in [2.05, 4.69) is 4.85 Å². The van der Waals surface area contributed by atoms with E-state index in [0.717, 1.165) is 18.4 Å². The zero-order valence-corrected chi connectivity index (χ0v) is 7.70. The van der Waals surface area contributed by atoms with Gasteiger partial charge in [-0.3, -0.25) is 0 Å². The smallest absolute Gasteiger partial charge is 0.187 e. The van der Waals surface area contributed by atoms with E-state index in [-0.39, 0.29) is 0 Å². The number of aliphatic hydroxyl groups excluding tert-OH is 1. The summed E-state index contributed by atoms with van der Waals surface area (Å²) in [6.45, 7) is 8.86. The van der Waals surface area contributed by atoms with Crippen molar-refractivity contribution in [1.29, 1.82) is 0 Å². The van der Waals surface area contributed by atoms with Gasteiger partial charge in [0.05, 0.1) is 12.7 Å². The Kier molecular flexibility index (Phi) is 3.48. The van der Waals surface area contributed by atoms with Crippen molar-refractivity contribution in [2.24, 2.45) is 0 Å². The number of nitrogens with zero attached hydrogens (tertiary/aromatic N) is 1. The normalized spacial score (nSPS) is 12.1. The molecule has 0 aliphatic carbocycles. The van der Waals surface area contributed by atoms with Crippen LogP contribution < -0.4 is 0 Å². The molecule has 0 heterocycles. The third-order valence-corrected chi connectivity index (χ3v) is 1.95. The molecular weight excluding hydrogens is 162 g/mol. The van der Waals surface area contributed by atoms with Gasteiger partial charge in [-0.2, -0.15) is 0 Å². The van der Waals surface area contributed by atoms with Crippen molar-refractivity contribution in [3.05, 3.63) is 41.2 Å². The zero-order valence-electron chi connectivity index (χ0n) is 7.70. The highest BCUT2D eigenvalue weighted by molar-refractivity contribution is 5.46. The Balaban J connectivity index is 2.83. The standard InChI is InChI=1S/C11H13NO/c1-3-5-11(13)9-6-4-7-10(8-9)12-2/h4,6-8,11,13H,3,5H2,1H3. The molecule has 0 aromatic heterocycles. The molecule has 13 heavy (non-hydrogen) atoms. The Morgan fingerprint density at radius 1 is 1.54 bits per heavy atom. The molecular formula is C11H13NO. The fraction of sp³-hybridized carbons (Fsp3) is 0.364. The summed E-state index contributed by atoms with van der Waals surface area (Å²) in [6.07, 6.45) is 1.27. The molecule has 1 unspecified atom stereocenters. The lowest BCUT2D eigenvalue weighted by atomic mass is 10.1. The molecule has 0 radical (unpaired) electrons. The minimum absolute atomic E-state index is 0.424. The Labute approximate surface area is 78.7 Å². The van der Waals surface area contributed by atoms with E-state index < -0.39 is 6.10 Å². The van der Waals surface area contributed by atoms with Gasteiger partial charge in [-0.05, 0) is 12.0 Å². The third kappa shape index (κ3) is 2.57. The minimum Gasteiger partial charge on any atom is -0.388 e. The maximum Gasteiger partial charge on any atom is 0.187 e. The summed E-state index contributed by atoms with van der Waals surface area (Å²) in [5, 5.41) is 9.64. The van der Waals surface area contributed by atoms with E-state index in [4.69, 9.17) is 6.57 Å². The highest BCUT2D eigenvalue weighted by Crippen LogP contribution is 2.22. The second-order valence-electron chi connectivity index (χ2n) is 3.01. The summed E-state index contributed by atoms with van der Waals surface area (Å²) in [7, 11) is 0. The molecule has 0 bridgehead atoms. The molecule has 1 atom stereocenters. The Morgan fingerprint density at radius 2 is 2.31 bits per heavy atom. The first-order chi connectivity index (χ1) is 6.27. The first-order valence-electron chi connectivity index (χ1n) is 4.43. The van der Waals surface area contributed by atoms with Crippen LogP contribution in [0.1, 0.15) is 31.4 Å². The second-order valence-corrected chi connectivity index (χ2v) is 3.01. The maximum atomic E-state index is 9.64. The molecule has 0 aliphatic rings. The molecule has 1 aromatic carbocycles. The molecule has 0 saturated heterocycles. The molecule has 0 fully saturated rings. The van der Waals surface area contributed by atoms with Crippen LogP contribution in [0.15, 0.2) is 24.3 Å². The molecule has 0 spiro atoms. The fourth-order valence-electron chi connectivity index (χ4n) is 1.24. The van der Waals surface area contributed by atoms with Crippen LogP contribution in [0, 0.1) is 6.57 Å². The topological polar surface area (TPSA) is 24.6 Å². The van der Waals surface area contributed by atoms with Crippen molar-refractivity contribution in [3.63, 3.8) is 0 Å². The summed E-state index contributed by atoms with van der Waals surface area (Å²) in [5.74, 6) is 0. The van der Waals surface area contributed by atoms with Gasteiger partial charge >= 0.3 is 0 Å². The number of hydrogen-bond donors (Lipinski definition) is 1. The van der Waals surface area contributed by atoms with Gasteiger partial charge in [-0.1, -0.05) is 37.6 Å². The van der Waals surface area contributed by atoms with Gasteiger partial charge in [-0.25, -0.2) is 4.85 Å². The molecule has 1 N–H and O–H groups in total. The lowest BCUT2D eigenvalue weighted by Gasteiger charge is -2.09.